The van der Waals surface area contributed by atoms with Crippen LogP contribution in [0.4, 0.5) is 4.79 Å². The number of pyridine rings is 1. The molecule has 2 bridgehead atoms. The molecule has 4 amide bonds. The second-order valence-corrected chi connectivity index (χ2v) is 7.84. The number of hydrazine groups is 1. The molecule has 3 heterocycles. The highest BCUT2D eigenvalue weighted by molar-refractivity contribution is 7.80. The average molecular weight is 463 g/mol. The van der Waals surface area contributed by atoms with Crippen molar-refractivity contribution in [2.45, 2.75) is 24.9 Å². The second kappa shape index (κ2) is 10.2. The second-order valence-electron chi connectivity index (χ2n) is 6.88. The van der Waals surface area contributed by atoms with Crippen molar-refractivity contribution >= 4 is 28.2 Å². The Balaban J connectivity index is 0.000000416. The molecule has 3 N–H and O–H groups in total. The van der Waals surface area contributed by atoms with Crippen molar-refractivity contribution in [3.63, 3.8) is 0 Å². The highest BCUT2D eigenvalue weighted by Gasteiger charge is 2.48. The Kier molecular flexibility index (Phi) is 7.35. The first-order valence-corrected chi connectivity index (χ1v) is 10.9. The zero-order valence-electron chi connectivity index (χ0n) is 16.7. The van der Waals surface area contributed by atoms with E-state index < -0.39 is 40.3 Å². The highest BCUT2D eigenvalue weighted by atomic mass is 32.3. The summed E-state index contributed by atoms with van der Waals surface area (Å²) in [5, 5.41) is 0.484. The van der Waals surface area contributed by atoms with Gasteiger partial charge in [0.05, 0.1) is 6.04 Å². The van der Waals surface area contributed by atoms with Crippen molar-refractivity contribution in [3.05, 3.63) is 66.5 Å². The zero-order valence-corrected chi connectivity index (χ0v) is 17.5. The van der Waals surface area contributed by atoms with Crippen LogP contribution >= 0.6 is 0 Å². The summed E-state index contributed by atoms with van der Waals surface area (Å²) in [6.07, 6.45) is 4.24. The molecule has 2 aliphatic rings. The number of aromatic amines is 1. The smallest absolute Gasteiger partial charge is 0.346 e. The molecule has 0 radical (unpaired) electrons. The zero-order chi connectivity index (χ0) is 23.1. The first-order chi connectivity index (χ1) is 15.3. The summed E-state index contributed by atoms with van der Waals surface area (Å²) in [5.74, 6) is -1.16. The molecule has 170 valence electrons. The number of aromatic nitrogens is 1. The van der Waals surface area contributed by atoms with Crippen molar-refractivity contribution in [2.24, 2.45) is 0 Å². The van der Waals surface area contributed by atoms with E-state index in [-0.39, 0.29) is 19.4 Å². The van der Waals surface area contributed by atoms with Crippen LogP contribution in [0.3, 0.4) is 0 Å². The molecule has 1 aromatic heterocycles. The van der Waals surface area contributed by atoms with Gasteiger partial charge in [0.15, 0.2) is 12.4 Å². The predicted molar refractivity (Wildman–Crippen MR) is 107 cm³/mol. The maximum atomic E-state index is 12.3. The van der Waals surface area contributed by atoms with E-state index in [2.05, 4.69) is 20.1 Å². The summed E-state index contributed by atoms with van der Waals surface area (Å²) in [5.41, 5.74) is 4.84. The molecule has 2 fully saturated rings. The van der Waals surface area contributed by atoms with E-state index in [1.807, 2.05) is 30.6 Å². The Bertz CT molecular complexity index is 1030. The third-order valence-corrected chi connectivity index (χ3v) is 5.08. The van der Waals surface area contributed by atoms with Crippen LogP contribution in [-0.4, -0.2) is 59.4 Å². The first-order valence-electron chi connectivity index (χ1n) is 9.58. The number of nitrogens with zero attached hydrogens (tertiary/aromatic N) is 2. The van der Waals surface area contributed by atoms with E-state index in [0.29, 0.717) is 10.6 Å². The SMILES string of the molecule is O=C(NNC(=O)C1CCC2CN1C(=O)N2OS(=O)(=O)[O-])c1ccccc1.c1cc[nH+]cc1. The number of urea groups is 1. The van der Waals surface area contributed by atoms with Crippen LogP contribution in [0.15, 0.2) is 60.9 Å². The van der Waals surface area contributed by atoms with Gasteiger partial charge < -0.3 is 9.45 Å². The number of hydrogen-bond donors (Lipinski definition) is 2. The largest absolute Gasteiger partial charge is 0.724 e. The fourth-order valence-corrected chi connectivity index (χ4v) is 3.69. The number of amides is 4. The lowest BCUT2D eigenvalue weighted by Crippen LogP contribution is -2.54. The Morgan fingerprint density at radius 2 is 1.69 bits per heavy atom. The number of benzene rings is 1. The van der Waals surface area contributed by atoms with Crippen molar-refractivity contribution in [2.75, 3.05) is 6.54 Å². The fourth-order valence-electron chi connectivity index (χ4n) is 3.31. The van der Waals surface area contributed by atoms with Gasteiger partial charge in [-0.3, -0.25) is 20.4 Å². The van der Waals surface area contributed by atoms with Crippen LogP contribution < -0.4 is 15.8 Å². The third kappa shape index (κ3) is 6.00. The number of nitrogens with one attached hydrogen (secondary N) is 3. The summed E-state index contributed by atoms with van der Waals surface area (Å²) in [6.45, 7) is 0.0407. The third-order valence-electron chi connectivity index (χ3n) is 4.74. The minimum atomic E-state index is -5.10. The van der Waals surface area contributed by atoms with Gasteiger partial charge in [-0.1, -0.05) is 24.3 Å². The van der Waals surface area contributed by atoms with Gasteiger partial charge in [0, 0.05) is 24.2 Å². The number of hydroxylamine groups is 2. The summed E-state index contributed by atoms with van der Waals surface area (Å²) < 4.78 is 36.4. The minimum Gasteiger partial charge on any atom is -0.724 e. The maximum absolute atomic E-state index is 12.3. The molecule has 12 nitrogen and oxygen atoms in total. The summed E-state index contributed by atoms with van der Waals surface area (Å²) in [6, 6.07) is 11.6. The van der Waals surface area contributed by atoms with Crippen LogP contribution in [-0.2, 0) is 19.5 Å². The van der Waals surface area contributed by atoms with Crippen LogP contribution in [0.2, 0.25) is 0 Å². The van der Waals surface area contributed by atoms with Gasteiger partial charge in [-0.25, -0.2) is 18.2 Å². The number of rotatable bonds is 4. The Labute approximate surface area is 184 Å². The van der Waals surface area contributed by atoms with E-state index in [4.69, 9.17) is 0 Å². The number of hydrogen-bond acceptors (Lipinski definition) is 7. The van der Waals surface area contributed by atoms with E-state index in [9.17, 15) is 27.4 Å². The molecule has 2 aromatic rings. The van der Waals surface area contributed by atoms with Gasteiger partial charge in [-0.15, -0.1) is 0 Å². The lowest BCUT2D eigenvalue weighted by Gasteiger charge is -2.29. The Morgan fingerprint density at radius 3 is 2.25 bits per heavy atom. The van der Waals surface area contributed by atoms with Gasteiger partial charge >= 0.3 is 6.03 Å². The summed E-state index contributed by atoms with van der Waals surface area (Å²) in [7, 11) is -5.10. The molecule has 2 unspecified atom stereocenters. The monoisotopic (exact) mass is 463 g/mol. The molecule has 13 heteroatoms. The Morgan fingerprint density at radius 1 is 1.03 bits per heavy atom. The quantitative estimate of drug-likeness (QED) is 0.354. The molecule has 2 atom stereocenters. The van der Waals surface area contributed by atoms with Gasteiger partial charge in [0.25, 0.3) is 11.8 Å². The number of carbonyl (C=O) groups excluding carboxylic acids is 3. The molecule has 2 saturated heterocycles. The lowest BCUT2D eigenvalue weighted by molar-refractivity contribution is -0.377. The number of fused-ring (bicyclic) bond motifs is 2. The van der Waals surface area contributed by atoms with E-state index in [1.165, 1.54) is 0 Å². The summed E-state index contributed by atoms with van der Waals surface area (Å²) >= 11 is 0. The summed E-state index contributed by atoms with van der Waals surface area (Å²) in [4.78, 5) is 40.4. The van der Waals surface area contributed by atoms with Crippen LogP contribution in [0.1, 0.15) is 23.2 Å². The van der Waals surface area contributed by atoms with Gasteiger partial charge in [-0.2, -0.15) is 9.35 Å². The molecule has 32 heavy (non-hydrogen) atoms. The number of piperidine rings is 1. The van der Waals surface area contributed by atoms with Crippen molar-refractivity contribution in [3.8, 4) is 0 Å². The fraction of sp³-hybridized carbons (Fsp3) is 0.263. The van der Waals surface area contributed by atoms with Crippen molar-refractivity contribution < 1.29 is 36.6 Å². The molecule has 4 rings (SSSR count). The van der Waals surface area contributed by atoms with Crippen LogP contribution in [0, 0.1) is 0 Å². The molecular formula is C19H21N5O7S. The van der Waals surface area contributed by atoms with E-state index in [1.54, 1.807) is 30.3 Å². The lowest BCUT2D eigenvalue weighted by atomic mass is 10.0. The minimum absolute atomic E-state index is 0.0407. The number of carbonyl (C=O) groups is 3. The maximum Gasteiger partial charge on any atom is 0.346 e. The molecular weight excluding hydrogens is 442 g/mol. The molecule has 0 aliphatic carbocycles. The molecule has 1 aromatic carbocycles. The standard InChI is InChI=1S/C14H16N4O7S.C5H5N/c19-12(9-4-2-1-3-5-9)15-16-13(20)11-7-6-10-8-17(11)14(21)18(10)25-26(22,23)24;1-2-4-6-5-3-1/h1-5,10-11H,6-8H2,(H,15,19)(H,16,20)(H,22,23,24);1-5H. The highest BCUT2D eigenvalue weighted by Crippen LogP contribution is 2.30. The average Bonchev–Trinajstić information content (AvgIpc) is 3.03. The Hall–Kier alpha value is -3.55. The molecule has 0 spiro atoms. The molecule has 2 aliphatic heterocycles. The van der Waals surface area contributed by atoms with Gasteiger partial charge in [0.2, 0.25) is 10.4 Å². The van der Waals surface area contributed by atoms with E-state index >= 15 is 0 Å². The first kappa shape index (κ1) is 23.1. The normalized spacial score (nSPS) is 19.6. The van der Waals surface area contributed by atoms with Crippen molar-refractivity contribution in [1.29, 1.82) is 0 Å². The van der Waals surface area contributed by atoms with Gasteiger partial charge in [0.1, 0.15) is 6.04 Å². The topological polar surface area (TPSA) is 162 Å². The van der Waals surface area contributed by atoms with E-state index in [0.717, 1.165) is 4.90 Å². The van der Waals surface area contributed by atoms with Crippen molar-refractivity contribution in [1.82, 2.24) is 20.8 Å². The number of H-pyrrole nitrogens is 1. The van der Waals surface area contributed by atoms with Gasteiger partial charge in [-0.05, 0) is 25.0 Å². The van der Waals surface area contributed by atoms with Crippen LogP contribution in [0.5, 0.6) is 0 Å². The predicted octanol–water partition coefficient (Wildman–Crippen LogP) is -0.391. The van der Waals surface area contributed by atoms with Crippen LogP contribution in [0.25, 0.3) is 0 Å². The molecule has 0 saturated carbocycles.